The second kappa shape index (κ2) is 6.13. The Hall–Kier alpha value is -0.450. The molecule has 0 heterocycles. The molecule has 0 fully saturated rings. The van der Waals surface area contributed by atoms with Gasteiger partial charge in [0, 0.05) is 31.4 Å². The Bertz CT molecular complexity index is 549. The smallest absolute Gasteiger partial charge is 0.0470 e. The van der Waals surface area contributed by atoms with E-state index in [2.05, 4.69) is 53.0 Å². The third kappa shape index (κ3) is 3.31. The van der Waals surface area contributed by atoms with Gasteiger partial charge in [-0.25, -0.2) is 0 Å². The van der Waals surface area contributed by atoms with E-state index in [0.717, 1.165) is 11.3 Å². The normalized spacial score (nSPS) is 10.4. The van der Waals surface area contributed by atoms with Crippen molar-refractivity contribution in [2.24, 2.45) is 0 Å². The number of hydrogen-bond donors (Lipinski definition) is 1. The van der Waals surface area contributed by atoms with Gasteiger partial charge in [0.1, 0.15) is 0 Å². The molecule has 0 saturated carbocycles. The van der Waals surface area contributed by atoms with E-state index in [1.54, 1.807) is 0 Å². The quantitative estimate of drug-likeness (QED) is 0.679. The molecular weight excluding hydrogens is 380 g/mol. The van der Waals surface area contributed by atoms with Crippen LogP contribution in [0.3, 0.4) is 0 Å². The highest BCUT2D eigenvalue weighted by Gasteiger charge is 2.06. The van der Waals surface area contributed by atoms with Gasteiger partial charge in [0.15, 0.2) is 0 Å². The Morgan fingerprint density at radius 2 is 1.78 bits per heavy atom. The topological polar surface area (TPSA) is 12.0 Å². The number of rotatable bonds is 3. The van der Waals surface area contributed by atoms with Gasteiger partial charge < -0.3 is 5.32 Å². The van der Waals surface area contributed by atoms with Crippen molar-refractivity contribution in [2.75, 3.05) is 5.32 Å². The fourth-order valence-electron chi connectivity index (χ4n) is 1.67. The third-order valence-electron chi connectivity index (χ3n) is 2.72. The predicted molar refractivity (Wildman–Crippen MR) is 87.7 cm³/mol. The molecule has 0 saturated heterocycles. The Morgan fingerprint density at radius 3 is 2.44 bits per heavy atom. The average Bonchev–Trinajstić information content (AvgIpc) is 2.33. The monoisotopic (exact) mass is 391 g/mol. The molecular formula is C14H12Cl2IN. The molecule has 94 valence electrons. The van der Waals surface area contributed by atoms with Crippen LogP contribution in [-0.2, 0) is 6.54 Å². The summed E-state index contributed by atoms with van der Waals surface area (Å²) in [6, 6.07) is 11.9. The molecule has 0 unspecified atom stereocenters. The van der Waals surface area contributed by atoms with Crippen LogP contribution in [0.15, 0.2) is 36.4 Å². The van der Waals surface area contributed by atoms with E-state index < -0.39 is 0 Å². The van der Waals surface area contributed by atoms with Crippen molar-refractivity contribution >= 4 is 51.5 Å². The van der Waals surface area contributed by atoms with Gasteiger partial charge in [0.2, 0.25) is 0 Å². The maximum atomic E-state index is 6.14. The van der Waals surface area contributed by atoms with E-state index in [1.807, 2.05) is 18.2 Å². The van der Waals surface area contributed by atoms with Gasteiger partial charge in [-0.1, -0.05) is 35.3 Å². The van der Waals surface area contributed by atoms with Gasteiger partial charge in [-0.2, -0.15) is 0 Å². The Morgan fingerprint density at radius 1 is 1.11 bits per heavy atom. The molecule has 1 nitrogen and oxygen atoms in total. The van der Waals surface area contributed by atoms with Crippen molar-refractivity contribution < 1.29 is 0 Å². The van der Waals surface area contributed by atoms with Gasteiger partial charge in [0.25, 0.3) is 0 Å². The Labute approximate surface area is 131 Å². The van der Waals surface area contributed by atoms with Gasteiger partial charge in [-0.15, -0.1) is 0 Å². The second-order valence-corrected chi connectivity index (χ2v) is 6.07. The summed E-state index contributed by atoms with van der Waals surface area (Å²) in [4.78, 5) is 0. The zero-order valence-corrected chi connectivity index (χ0v) is 13.5. The number of aryl methyl sites for hydroxylation is 1. The highest BCUT2D eigenvalue weighted by atomic mass is 127. The van der Waals surface area contributed by atoms with E-state index in [1.165, 1.54) is 9.13 Å². The number of anilines is 1. The van der Waals surface area contributed by atoms with Crippen molar-refractivity contribution in [3.63, 3.8) is 0 Å². The van der Waals surface area contributed by atoms with Crippen LogP contribution >= 0.6 is 45.8 Å². The molecule has 0 aliphatic rings. The van der Waals surface area contributed by atoms with Crippen molar-refractivity contribution in [1.82, 2.24) is 0 Å². The van der Waals surface area contributed by atoms with E-state index in [-0.39, 0.29) is 0 Å². The minimum absolute atomic E-state index is 0.624. The summed E-state index contributed by atoms with van der Waals surface area (Å²) in [5, 5.41) is 4.76. The second-order valence-electron chi connectivity index (χ2n) is 4.01. The van der Waals surface area contributed by atoms with E-state index in [0.29, 0.717) is 16.6 Å². The Kier molecular flexibility index (Phi) is 4.76. The van der Waals surface area contributed by atoms with E-state index in [4.69, 9.17) is 23.2 Å². The van der Waals surface area contributed by atoms with Crippen molar-refractivity contribution in [3.8, 4) is 0 Å². The minimum atomic E-state index is 0.624. The number of nitrogens with one attached hydrogen (secondary N) is 1. The summed E-state index contributed by atoms with van der Waals surface area (Å²) in [6.45, 7) is 2.70. The molecule has 2 rings (SSSR count). The number of benzene rings is 2. The van der Waals surface area contributed by atoms with Crippen LogP contribution in [0.2, 0.25) is 10.0 Å². The predicted octanol–water partition coefficient (Wildman–Crippen LogP) is 5.52. The van der Waals surface area contributed by atoms with Crippen LogP contribution in [-0.4, -0.2) is 0 Å². The molecule has 0 bridgehead atoms. The van der Waals surface area contributed by atoms with Crippen LogP contribution < -0.4 is 5.32 Å². The minimum Gasteiger partial charge on any atom is -0.381 e. The van der Waals surface area contributed by atoms with Crippen LogP contribution in [0.5, 0.6) is 0 Å². The first kappa shape index (κ1) is 14.0. The lowest BCUT2D eigenvalue weighted by Gasteiger charge is -2.12. The van der Waals surface area contributed by atoms with Gasteiger partial charge >= 0.3 is 0 Å². The Balaban J connectivity index is 2.19. The first-order chi connectivity index (χ1) is 8.58. The summed E-state index contributed by atoms with van der Waals surface area (Å²) in [6.07, 6.45) is 0. The molecule has 0 atom stereocenters. The molecule has 0 spiro atoms. The van der Waals surface area contributed by atoms with E-state index in [9.17, 15) is 0 Å². The summed E-state index contributed by atoms with van der Waals surface area (Å²) in [5.74, 6) is 0. The standard InChI is InChI=1S/C14H12Cl2IN/c1-9-5-6-10(17)7-14(9)18-8-11-12(15)3-2-4-13(11)16/h2-7,18H,8H2,1H3. The summed E-state index contributed by atoms with van der Waals surface area (Å²) in [7, 11) is 0. The average molecular weight is 392 g/mol. The SMILES string of the molecule is Cc1ccc(I)cc1NCc1c(Cl)cccc1Cl. The first-order valence-corrected chi connectivity index (χ1v) is 7.34. The van der Waals surface area contributed by atoms with Crippen LogP contribution in [0, 0.1) is 10.5 Å². The van der Waals surface area contributed by atoms with Crippen LogP contribution in [0.4, 0.5) is 5.69 Å². The molecule has 18 heavy (non-hydrogen) atoms. The van der Waals surface area contributed by atoms with Gasteiger partial charge in [-0.05, 0) is 59.3 Å². The molecule has 0 radical (unpaired) electrons. The molecule has 4 heteroatoms. The zero-order valence-electron chi connectivity index (χ0n) is 9.81. The lowest BCUT2D eigenvalue weighted by Crippen LogP contribution is -2.02. The van der Waals surface area contributed by atoms with Crippen molar-refractivity contribution in [1.29, 1.82) is 0 Å². The highest BCUT2D eigenvalue weighted by Crippen LogP contribution is 2.26. The lowest BCUT2D eigenvalue weighted by molar-refractivity contribution is 1.14. The molecule has 2 aromatic carbocycles. The molecule has 0 amide bonds. The zero-order chi connectivity index (χ0) is 13.1. The third-order valence-corrected chi connectivity index (χ3v) is 4.10. The number of halogens is 3. The maximum absolute atomic E-state index is 6.14. The summed E-state index contributed by atoms with van der Waals surface area (Å²) < 4.78 is 1.20. The maximum Gasteiger partial charge on any atom is 0.0470 e. The summed E-state index contributed by atoms with van der Waals surface area (Å²) in [5.41, 5.74) is 3.25. The number of hydrogen-bond acceptors (Lipinski definition) is 1. The molecule has 0 aliphatic carbocycles. The molecule has 2 aromatic rings. The molecule has 0 aliphatic heterocycles. The fourth-order valence-corrected chi connectivity index (χ4v) is 2.69. The largest absolute Gasteiger partial charge is 0.381 e. The summed E-state index contributed by atoms with van der Waals surface area (Å²) >= 11 is 14.6. The van der Waals surface area contributed by atoms with Crippen LogP contribution in [0.1, 0.15) is 11.1 Å². The van der Waals surface area contributed by atoms with E-state index >= 15 is 0 Å². The molecule has 1 N–H and O–H groups in total. The van der Waals surface area contributed by atoms with Gasteiger partial charge in [-0.3, -0.25) is 0 Å². The van der Waals surface area contributed by atoms with Crippen molar-refractivity contribution in [3.05, 3.63) is 61.1 Å². The fraction of sp³-hybridized carbons (Fsp3) is 0.143. The highest BCUT2D eigenvalue weighted by molar-refractivity contribution is 14.1. The first-order valence-electron chi connectivity index (χ1n) is 5.51. The van der Waals surface area contributed by atoms with Crippen LogP contribution in [0.25, 0.3) is 0 Å². The molecule has 0 aromatic heterocycles. The lowest BCUT2D eigenvalue weighted by atomic mass is 10.2. The van der Waals surface area contributed by atoms with Gasteiger partial charge in [0.05, 0.1) is 0 Å². The van der Waals surface area contributed by atoms with Crippen molar-refractivity contribution in [2.45, 2.75) is 13.5 Å².